The standard InChI is InChI=1S/C44H58N2O13/c1-22-14-13-15-23(2)43(54)45-29-20-31(56-21-32(48)46-17-11-10-12-18-46)33-34(39(29)52)38(51)27(6)41-35(33)42(53)44(8,59-41)57-19-16-30(55-9)24(3)40(58-28(7)47)26(5)37(50)25(4)36(22)49/h13-16,19-20,22,24-26,30,36-37,40,49-52H,10-12,17-18,21H2,1-9H3,(H,45,54)/b14-13-,19-16-,23-15-/t22-,24+,25+,26+,30-,36-,37+,40+,44-/m0/s1. The normalized spacial score (nSPS) is 31.4. The van der Waals surface area contributed by atoms with Gasteiger partial charge in [0.15, 0.2) is 12.4 Å². The third-order valence-electron chi connectivity index (χ3n) is 11.9. The van der Waals surface area contributed by atoms with Crippen LogP contribution >= 0.6 is 0 Å². The van der Waals surface area contributed by atoms with Gasteiger partial charge in [0.25, 0.3) is 17.6 Å². The van der Waals surface area contributed by atoms with Gasteiger partial charge < -0.3 is 54.3 Å². The van der Waals surface area contributed by atoms with Crippen LogP contribution in [-0.2, 0) is 28.6 Å². The summed E-state index contributed by atoms with van der Waals surface area (Å²) in [6, 6.07) is 1.29. The van der Waals surface area contributed by atoms with E-state index < -0.39 is 89.6 Å². The number of carbonyl (C=O) groups is 4. The molecule has 1 saturated heterocycles. The molecule has 4 aliphatic heterocycles. The highest BCUT2D eigenvalue weighted by Crippen LogP contribution is 2.54. The highest BCUT2D eigenvalue weighted by Gasteiger charge is 2.50. The van der Waals surface area contributed by atoms with Crippen molar-refractivity contribution in [1.82, 2.24) is 4.90 Å². The number of hydrogen-bond donors (Lipinski definition) is 5. The number of aliphatic hydroxyl groups is 2. The second-order valence-corrected chi connectivity index (χ2v) is 16.1. The average molecular weight is 823 g/mol. The Hall–Kier alpha value is -5.12. The minimum absolute atomic E-state index is 0.0460. The van der Waals surface area contributed by atoms with Crippen molar-refractivity contribution in [3.8, 4) is 23.0 Å². The number of nitrogens with zero attached hydrogens (tertiary/aromatic N) is 1. The molecule has 0 aromatic heterocycles. The number of methoxy groups -OCH3 is 1. The zero-order valence-electron chi connectivity index (χ0n) is 35.2. The van der Waals surface area contributed by atoms with E-state index in [4.69, 9.17) is 23.7 Å². The number of rotatable bonds is 5. The van der Waals surface area contributed by atoms with E-state index >= 15 is 0 Å². The first-order valence-electron chi connectivity index (χ1n) is 20.1. The van der Waals surface area contributed by atoms with E-state index in [2.05, 4.69) is 5.32 Å². The van der Waals surface area contributed by atoms with Gasteiger partial charge in [0.05, 0.1) is 41.2 Å². The average Bonchev–Trinajstić information content (AvgIpc) is 3.48. The predicted molar refractivity (Wildman–Crippen MR) is 218 cm³/mol. The number of nitrogens with one attached hydrogen (secondary N) is 1. The van der Waals surface area contributed by atoms with E-state index in [0.29, 0.717) is 13.1 Å². The molecule has 2 aromatic rings. The number of fused-ring (bicyclic) bond motifs is 14. The number of aromatic hydroxyl groups is 2. The van der Waals surface area contributed by atoms with Crippen LogP contribution in [0.4, 0.5) is 5.69 Å². The third kappa shape index (κ3) is 9.22. The number of anilines is 1. The van der Waals surface area contributed by atoms with E-state index in [1.165, 1.54) is 59.3 Å². The number of ketones is 1. The van der Waals surface area contributed by atoms with Crippen molar-refractivity contribution >= 4 is 40.0 Å². The van der Waals surface area contributed by atoms with E-state index in [1.807, 2.05) is 0 Å². The topological polar surface area (TPSA) is 211 Å². The van der Waals surface area contributed by atoms with E-state index in [0.717, 1.165) is 19.3 Å². The third-order valence-corrected chi connectivity index (χ3v) is 11.9. The molecule has 2 aromatic carbocycles. The van der Waals surface area contributed by atoms with Crippen molar-refractivity contribution in [3.63, 3.8) is 0 Å². The first-order valence-corrected chi connectivity index (χ1v) is 20.1. The zero-order chi connectivity index (χ0) is 43.5. The molecule has 4 heterocycles. The highest BCUT2D eigenvalue weighted by molar-refractivity contribution is 6.21. The number of amides is 2. The molecule has 0 unspecified atom stereocenters. The summed E-state index contributed by atoms with van der Waals surface area (Å²) in [4.78, 5) is 55.4. The number of carbonyl (C=O) groups excluding carboxylic acids is 4. The molecule has 59 heavy (non-hydrogen) atoms. The van der Waals surface area contributed by atoms with E-state index in [-0.39, 0.29) is 50.6 Å². The summed E-state index contributed by atoms with van der Waals surface area (Å²) in [6.45, 7) is 13.3. The first-order chi connectivity index (χ1) is 27.8. The molecule has 15 nitrogen and oxygen atoms in total. The number of allylic oxidation sites excluding steroid dienone is 2. The molecule has 2 amide bonds. The largest absolute Gasteiger partial charge is 0.507 e. The first kappa shape index (κ1) is 45.0. The fourth-order valence-electron chi connectivity index (χ4n) is 8.12. The predicted octanol–water partition coefficient (Wildman–Crippen LogP) is 5.44. The second kappa shape index (κ2) is 18.4. The molecular weight excluding hydrogens is 764 g/mol. The molecule has 322 valence electrons. The minimum atomic E-state index is -2.01. The van der Waals surface area contributed by atoms with Crippen LogP contribution in [0.3, 0.4) is 0 Å². The number of hydrogen-bond acceptors (Lipinski definition) is 13. The summed E-state index contributed by atoms with van der Waals surface area (Å²) in [6.07, 6.45) is 6.35. The quantitative estimate of drug-likeness (QED) is 0.188. The number of aliphatic hydroxyl groups excluding tert-OH is 2. The van der Waals surface area contributed by atoms with Gasteiger partial charge in [0.2, 0.25) is 0 Å². The molecule has 1 fully saturated rings. The van der Waals surface area contributed by atoms with Crippen LogP contribution in [-0.4, -0.2) is 106 Å². The molecule has 6 rings (SSSR count). The Morgan fingerprint density at radius 1 is 0.949 bits per heavy atom. The summed E-state index contributed by atoms with van der Waals surface area (Å²) in [5.41, 5.74) is 0.0368. The Balaban J connectivity index is 1.66. The number of likely N-dealkylation sites (tertiary alicyclic amines) is 1. The van der Waals surface area contributed by atoms with Crippen LogP contribution in [0.2, 0.25) is 0 Å². The highest BCUT2D eigenvalue weighted by atomic mass is 16.7. The number of benzene rings is 2. The lowest BCUT2D eigenvalue weighted by Gasteiger charge is -2.38. The molecular formula is C44H58N2O13. The van der Waals surface area contributed by atoms with Crippen molar-refractivity contribution in [1.29, 1.82) is 0 Å². The van der Waals surface area contributed by atoms with Crippen LogP contribution < -0.4 is 14.8 Å². The fourth-order valence-corrected chi connectivity index (χ4v) is 8.12. The van der Waals surface area contributed by atoms with Gasteiger partial charge in [0, 0.05) is 80.3 Å². The van der Waals surface area contributed by atoms with E-state index in [9.17, 15) is 39.6 Å². The zero-order valence-corrected chi connectivity index (χ0v) is 35.2. The van der Waals surface area contributed by atoms with Gasteiger partial charge in [-0.2, -0.15) is 0 Å². The summed E-state index contributed by atoms with van der Waals surface area (Å²) in [5, 5.41) is 48.5. The van der Waals surface area contributed by atoms with Gasteiger partial charge in [0.1, 0.15) is 23.4 Å². The molecule has 5 bridgehead atoms. The molecule has 0 aliphatic carbocycles. The smallest absolute Gasteiger partial charge is 0.312 e. The maximum atomic E-state index is 14.5. The van der Waals surface area contributed by atoms with E-state index in [1.54, 1.807) is 44.7 Å². The SMILES string of the molecule is CO[C@H]1/C=C\O[C@@]2(C)Oc3c(C)c(O)c4c(O)c(cc(OCC(=O)N5CCCCC5)c4c3C2=O)NC(=O)/C(C)=C\C=C/[C@H](C)[C@H](O)[C@@H](C)[C@@H](O)[C@@H](C)[C@H](OC(C)=O)[C@@H]1C. The van der Waals surface area contributed by atoms with Gasteiger partial charge in [-0.3, -0.25) is 19.2 Å². The number of phenols is 2. The number of esters is 1. The van der Waals surface area contributed by atoms with Gasteiger partial charge in [-0.1, -0.05) is 45.9 Å². The lowest BCUT2D eigenvalue weighted by atomic mass is 9.78. The molecule has 0 radical (unpaired) electrons. The lowest BCUT2D eigenvalue weighted by molar-refractivity contribution is -0.160. The van der Waals surface area contributed by atoms with Crippen molar-refractivity contribution in [2.24, 2.45) is 23.7 Å². The van der Waals surface area contributed by atoms with Gasteiger partial charge in [-0.25, -0.2) is 0 Å². The van der Waals surface area contributed by atoms with Crippen LogP contribution in [0.5, 0.6) is 23.0 Å². The molecule has 5 N–H and O–H groups in total. The monoisotopic (exact) mass is 822 g/mol. The second-order valence-electron chi connectivity index (χ2n) is 16.1. The van der Waals surface area contributed by atoms with Gasteiger partial charge >= 0.3 is 11.8 Å². The van der Waals surface area contributed by atoms with Crippen LogP contribution in [0.1, 0.15) is 83.7 Å². The Morgan fingerprint density at radius 3 is 2.27 bits per heavy atom. The Bertz CT molecular complexity index is 2040. The molecule has 9 atom stereocenters. The van der Waals surface area contributed by atoms with Crippen LogP contribution in [0.15, 0.2) is 42.2 Å². The maximum absolute atomic E-state index is 14.5. The van der Waals surface area contributed by atoms with Gasteiger partial charge in [-0.05, 0) is 39.2 Å². The summed E-state index contributed by atoms with van der Waals surface area (Å²) in [7, 11) is 1.44. The number of phenolic OH excluding ortho intramolecular Hbond substituents is 2. The molecule has 4 aliphatic rings. The van der Waals surface area contributed by atoms with Crippen molar-refractivity contribution in [2.75, 3.05) is 32.1 Å². The number of ether oxygens (including phenoxy) is 5. The van der Waals surface area contributed by atoms with Crippen molar-refractivity contribution in [3.05, 3.63) is 53.3 Å². The Labute approximate surface area is 344 Å². The van der Waals surface area contributed by atoms with Crippen molar-refractivity contribution < 1.29 is 63.3 Å². The number of piperidine rings is 1. The van der Waals surface area contributed by atoms with Crippen LogP contribution in [0.25, 0.3) is 10.8 Å². The Morgan fingerprint density at radius 2 is 1.63 bits per heavy atom. The van der Waals surface area contributed by atoms with Crippen molar-refractivity contribution in [2.45, 2.75) is 105 Å². The minimum Gasteiger partial charge on any atom is -0.507 e. The maximum Gasteiger partial charge on any atom is 0.312 e. The summed E-state index contributed by atoms with van der Waals surface area (Å²) in [5.74, 6) is -7.84. The summed E-state index contributed by atoms with van der Waals surface area (Å²) >= 11 is 0. The molecule has 0 spiro atoms. The van der Waals surface area contributed by atoms with Crippen LogP contribution in [0, 0.1) is 30.6 Å². The summed E-state index contributed by atoms with van der Waals surface area (Å²) < 4.78 is 29.8. The number of Topliss-reactive ketones (excluding diaryl/α,β-unsaturated/α-hetero) is 1. The molecule has 0 saturated carbocycles. The Kier molecular flexibility index (Phi) is 14.0. The van der Waals surface area contributed by atoms with Gasteiger partial charge in [-0.15, -0.1) is 0 Å². The lowest BCUT2D eigenvalue weighted by Crippen LogP contribution is -2.46. The fraction of sp³-hybridized carbons (Fsp3) is 0.545. The molecule has 15 heteroatoms.